The predicted molar refractivity (Wildman–Crippen MR) is 80.2 cm³/mol. The molecule has 0 heterocycles. The first-order valence-corrected chi connectivity index (χ1v) is 7.40. The largest absolute Gasteiger partial charge is 0.401 e. The fourth-order valence-electron chi connectivity index (χ4n) is 2.31. The smallest absolute Gasteiger partial charge is 0.315 e. The van der Waals surface area contributed by atoms with Gasteiger partial charge in [-0.05, 0) is 24.6 Å². The van der Waals surface area contributed by atoms with Crippen molar-refractivity contribution in [1.82, 2.24) is 10.2 Å². The molecule has 5 heteroatoms. The Morgan fingerprint density at radius 2 is 1.71 bits per heavy atom. The number of benzene rings is 1. The minimum atomic E-state index is -4.18. The van der Waals surface area contributed by atoms with Crippen LogP contribution in [0.2, 0.25) is 0 Å². The molecule has 0 fully saturated rings. The van der Waals surface area contributed by atoms with E-state index in [4.69, 9.17) is 0 Å². The Morgan fingerprint density at radius 3 is 2.19 bits per heavy atom. The molecule has 120 valence electrons. The lowest BCUT2D eigenvalue weighted by Gasteiger charge is -2.32. The SMILES string of the molecule is CCN(CC(F)(F)F)C(CNCC(C)C)c1ccccc1. The molecule has 0 aromatic heterocycles. The second-order valence-electron chi connectivity index (χ2n) is 5.66. The first kappa shape index (κ1) is 18.0. The van der Waals surface area contributed by atoms with Crippen LogP contribution in [0.4, 0.5) is 13.2 Å². The molecular weight excluding hydrogens is 277 g/mol. The van der Waals surface area contributed by atoms with Crippen LogP contribution in [-0.2, 0) is 0 Å². The average Bonchev–Trinajstić information content (AvgIpc) is 2.41. The summed E-state index contributed by atoms with van der Waals surface area (Å²) in [5.74, 6) is 0.471. The fourth-order valence-corrected chi connectivity index (χ4v) is 2.31. The number of alkyl halides is 3. The summed E-state index contributed by atoms with van der Waals surface area (Å²) in [6.45, 7) is 6.73. The monoisotopic (exact) mass is 302 g/mol. The van der Waals surface area contributed by atoms with Gasteiger partial charge in [0, 0.05) is 12.6 Å². The van der Waals surface area contributed by atoms with Gasteiger partial charge in [-0.3, -0.25) is 4.90 Å². The molecule has 0 saturated carbocycles. The Kier molecular flexibility index (Phi) is 7.18. The molecule has 0 spiro atoms. The number of nitrogens with one attached hydrogen (secondary N) is 1. The van der Waals surface area contributed by atoms with Crippen LogP contribution in [0.15, 0.2) is 30.3 Å². The Morgan fingerprint density at radius 1 is 1.10 bits per heavy atom. The second-order valence-corrected chi connectivity index (χ2v) is 5.66. The third-order valence-electron chi connectivity index (χ3n) is 3.30. The van der Waals surface area contributed by atoms with Gasteiger partial charge < -0.3 is 5.32 Å². The Labute approximate surface area is 125 Å². The standard InChI is InChI=1S/C16H25F3N2/c1-4-21(12-16(17,18)19)15(11-20-10-13(2)3)14-8-6-5-7-9-14/h5-9,13,15,20H,4,10-12H2,1-3H3. The molecule has 1 rings (SSSR count). The molecular formula is C16H25F3N2. The molecule has 1 atom stereocenters. The van der Waals surface area contributed by atoms with Gasteiger partial charge in [-0.2, -0.15) is 13.2 Å². The normalized spacial score (nSPS) is 13.9. The van der Waals surface area contributed by atoms with Gasteiger partial charge in [0.05, 0.1) is 6.54 Å². The van der Waals surface area contributed by atoms with Crippen LogP contribution in [0.3, 0.4) is 0 Å². The van der Waals surface area contributed by atoms with E-state index >= 15 is 0 Å². The van der Waals surface area contributed by atoms with E-state index < -0.39 is 12.7 Å². The number of hydrogen-bond acceptors (Lipinski definition) is 2. The number of halogens is 3. The molecule has 2 nitrogen and oxygen atoms in total. The molecule has 0 radical (unpaired) electrons. The summed E-state index contributed by atoms with van der Waals surface area (Å²) in [5, 5.41) is 3.27. The molecule has 0 aliphatic rings. The van der Waals surface area contributed by atoms with Crippen LogP contribution in [0, 0.1) is 5.92 Å². The summed E-state index contributed by atoms with van der Waals surface area (Å²) in [4.78, 5) is 1.47. The van der Waals surface area contributed by atoms with Gasteiger partial charge in [0.15, 0.2) is 0 Å². The van der Waals surface area contributed by atoms with Gasteiger partial charge in [0.25, 0.3) is 0 Å². The zero-order chi connectivity index (χ0) is 15.9. The van der Waals surface area contributed by atoms with Gasteiger partial charge in [0.1, 0.15) is 0 Å². The van der Waals surface area contributed by atoms with Crippen molar-refractivity contribution >= 4 is 0 Å². The minimum absolute atomic E-state index is 0.267. The third-order valence-corrected chi connectivity index (χ3v) is 3.30. The first-order valence-electron chi connectivity index (χ1n) is 7.40. The molecule has 0 aliphatic carbocycles. The molecule has 0 amide bonds. The highest BCUT2D eigenvalue weighted by molar-refractivity contribution is 5.19. The van der Waals surface area contributed by atoms with Crippen LogP contribution in [0.1, 0.15) is 32.4 Å². The van der Waals surface area contributed by atoms with Crippen LogP contribution < -0.4 is 5.32 Å². The van der Waals surface area contributed by atoms with Gasteiger partial charge in [-0.1, -0.05) is 51.1 Å². The molecule has 0 bridgehead atoms. The second kappa shape index (κ2) is 8.39. The quantitative estimate of drug-likeness (QED) is 0.784. The topological polar surface area (TPSA) is 15.3 Å². The van der Waals surface area contributed by atoms with Crippen molar-refractivity contribution in [2.24, 2.45) is 5.92 Å². The van der Waals surface area contributed by atoms with Crippen LogP contribution in [0.5, 0.6) is 0 Å². The van der Waals surface area contributed by atoms with Crippen LogP contribution in [0.25, 0.3) is 0 Å². The maximum atomic E-state index is 12.8. The molecule has 1 aromatic carbocycles. The molecule has 0 saturated heterocycles. The highest BCUT2D eigenvalue weighted by Crippen LogP contribution is 2.25. The zero-order valence-corrected chi connectivity index (χ0v) is 13.0. The van der Waals surface area contributed by atoms with E-state index in [1.807, 2.05) is 30.3 Å². The summed E-state index contributed by atoms with van der Waals surface area (Å²) in [6, 6.07) is 9.12. The summed E-state index contributed by atoms with van der Waals surface area (Å²) in [7, 11) is 0. The lowest BCUT2D eigenvalue weighted by atomic mass is 10.0. The van der Waals surface area contributed by atoms with Gasteiger partial charge in [0.2, 0.25) is 0 Å². The molecule has 1 aromatic rings. The van der Waals surface area contributed by atoms with Crippen molar-refractivity contribution < 1.29 is 13.2 Å². The Balaban J connectivity index is 2.84. The zero-order valence-electron chi connectivity index (χ0n) is 13.0. The minimum Gasteiger partial charge on any atom is -0.315 e. The lowest BCUT2D eigenvalue weighted by Crippen LogP contribution is -2.41. The number of nitrogens with zero attached hydrogens (tertiary/aromatic N) is 1. The van der Waals surface area contributed by atoms with Crippen LogP contribution >= 0.6 is 0 Å². The van der Waals surface area contributed by atoms with E-state index in [9.17, 15) is 13.2 Å². The number of likely N-dealkylation sites (N-methyl/N-ethyl adjacent to an activating group) is 1. The van der Waals surface area contributed by atoms with Crippen molar-refractivity contribution in [3.63, 3.8) is 0 Å². The van der Waals surface area contributed by atoms with Crippen molar-refractivity contribution in [3.05, 3.63) is 35.9 Å². The van der Waals surface area contributed by atoms with E-state index in [2.05, 4.69) is 19.2 Å². The van der Waals surface area contributed by atoms with Gasteiger partial charge in [-0.15, -0.1) is 0 Å². The molecule has 0 aliphatic heterocycles. The van der Waals surface area contributed by atoms with Crippen molar-refractivity contribution in [2.45, 2.75) is 33.0 Å². The average molecular weight is 302 g/mol. The van der Waals surface area contributed by atoms with Crippen molar-refractivity contribution in [3.8, 4) is 0 Å². The highest BCUT2D eigenvalue weighted by Gasteiger charge is 2.33. The summed E-state index contributed by atoms with van der Waals surface area (Å²) in [5.41, 5.74) is 0.917. The van der Waals surface area contributed by atoms with Crippen LogP contribution in [-0.4, -0.2) is 37.3 Å². The third kappa shape index (κ3) is 6.96. The van der Waals surface area contributed by atoms with E-state index in [1.165, 1.54) is 4.90 Å². The van der Waals surface area contributed by atoms with E-state index in [0.717, 1.165) is 12.1 Å². The summed E-state index contributed by atoms with van der Waals surface area (Å²) in [6.07, 6.45) is -4.18. The lowest BCUT2D eigenvalue weighted by molar-refractivity contribution is -0.150. The highest BCUT2D eigenvalue weighted by atomic mass is 19.4. The molecule has 1 unspecified atom stereocenters. The fraction of sp³-hybridized carbons (Fsp3) is 0.625. The number of rotatable bonds is 8. The van der Waals surface area contributed by atoms with E-state index in [-0.39, 0.29) is 6.04 Å². The molecule has 1 N–H and O–H groups in total. The Hall–Kier alpha value is -1.07. The number of hydrogen-bond donors (Lipinski definition) is 1. The Bertz CT molecular complexity index is 390. The summed E-state index contributed by atoms with van der Waals surface area (Å²) < 4.78 is 38.3. The summed E-state index contributed by atoms with van der Waals surface area (Å²) >= 11 is 0. The maximum absolute atomic E-state index is 12.8. The van der Waals surface area contributed by atoms with Gasteiger partial charge >= 0.3 is 6.18 Å². The first-order chi connectivity index (χ1) is 9.83. The van der Waals surface area contributed by atoms with Gasteiger partial charge in [-0.25, -0.2) is 0 Å². The van der Waals surface area contributed by atoms with Crippen molar-refractivity contribution in [2.75, 3.05) is 26.2 Å². The van der Waals surface area contributed by atoms with E-state index in [0.29, 0.717) is 19.0 Å². The predicted octanol–water partition coefficient (Wildman–Crippen LogP) is 3.86. The maximum Gasteiger partial charge on any atom is 0.401 e. The van der Waals surface area contributed by atoms with E-state index in [1.54, 1.807) is 6.92 Å². The van der Waals surface area contributed by atoms with Crippen molar-refractivity contribution in [1.29, 1.82) is 0 Å². The molecule has 21 heavy (non-hydrogen) atoms.